The van der Waals surface area contributed by atoms with Crippen LogP contribution >= 0.6 is 0 Å². The van der Waals surface area contributed by atoms with Gasteiger partial charge in [0.1, 0.15) is 11.6 Å². The van der Waals surface area contributed by atoms with Gasteiger partial charge >= 0.3 is 0 Å². The molecule has 0 aliphatic heterocycles. The Hall–Kier alpha value is -1.91. The van der Waals surface area contributed by atoms with Crippen molar-refractivity contribution in [3.8, 4) is 5.82 Å². The van der Waals surface area contributed by atoms with Crippen LogP contribution in [0.5, 0.6) is 0 Å². The molecule has 3 rings (SSSR count). The fourth-order valence-corrected chi connectivity index (χ4v) is 2.32. The van der Waals surface area contributed by atoms with Crippen molar-refractivity contribution >= 4 is 5.82 Å². The van der Waals surface area contributed by atoms with Gasteiger partial charge in [0.2, 0.25) is 0 Å². The molecule has 0 saturated heterocycles. The highest BCUT2D eigenvalue weighted by Gasteiger charge is 2.26. The first-order valence-corrected chi connectivity index (χ1v) is 7.40. The topological polar surface area (TPSA) is 55.6 Å². The minimum atomic E-state index is 0.664. The van der Waals surface area contributed by atoms with Gasteiger partial charge in [-0.05, 0) is 32.8 Å². The quantitative estimate of drug-likeness (QED) is 0.908. The summed E-state index contributed by atoms with van der Waals surface area (Å²) in [6.45, 7) is 7.05. The molecule has 2 aromatic heterocycles. The van der Waals surface area contributed by atoms with Gasteiger partial charge in [-0.15, -0.1) is 0 Å². The first-order chi connectivity index (χ1) is 9.72. The van der Waals surface area contributed by atoms with Crippen LogP contribution in [0.15, 0.2) is 12.3 Å². The predicted octanol–water partition coefficient (Wildman–Crippen LogP) is 2.84. The van der Waals surface area contributed by atoms with Gasteiger partial charge in [0.15, 0.2) is 5.82 Å². The zero-order valence-corrected chi connectivity index (χ0v) is 12.3. The fraction of sp³-hybridized carbons (Fsp3) is 0.533. The van der Waals surface area contributed by atoms with Crippen LogP contribution in [0.25, 0.3) is 5.82 Å². The van der Waals surface area contributed by atoms with Gasteiger partial charge in [-0.3, -0.25) is 0 Å². The predicted molar refractivity (Wildman–Crippen MR) is 79.4 cm³/mol. The number of aryl methyl sites for hydroxylation is 1. The Morgan fingerprint density at radius 2 is 2.10 bits per heavy atom. The van der Waals surface area contributed by atoms with Crippen LogP contribution in [0, 0.1) is 6.92 Å². The largest absolute Gasteiger partial charge is 0.370 e. The summed E-state index contributed by atoms with van der Waals surface area (Å²) >= 11 is 0. The molecule has 0 aromatic carbocycles. The fourth-order valence-electron chi connectivity index (χ4n) is 2.32. The van der Waals surface area contributed by atoms with E-state index in [1.54, 1.807) is 0 Å². The second-order valence-corrected chi connectivity index (χ2v) is 5.28. The van der Waals surface area contributed by atoms with Crippen molar-refractivity contribution < 1.29 is 0 Å². The Balaban J connectivity index is 2.03. The molecule has 20 heavy (non-hydrogen) atoms. The van der Waals surface area contributed by atoms with Crippen molar-refractivity contribution in [2.24, 2.45) is 0 Å². The maximum Gasteiger partial charge on any atom is 0.162 e. The van der Waals surface area contributed by atoms with Gasteiger partial charge in [0.05, 0.1) is 5.69 Å². The van der Waals surface area contributed by atoms with Crippen LogP contribution in [0.2, 0.25) is 0 Å². The van der Waals surface area contributed by atoms with Gasteiger partial charge < -0.3 is 5.32 Å². The number of aromatic nitrogens is 4. The third-order valence-electron chi connectivity index (χ3n) is 3.65. The molecule has 2 heterocycles. The van der Waals surface area contributed by atoms with E-state index < -0.39 is 0 Å². The highest BCUT2D eigenvalue weighted by atomic mass is 15.3. The molecule has 0 amide bonds. The molecule has 0 spiro atoms. The lowest BCUT2D eigenvalue weighted by Crippen LogP contribution is -2.11. The molecule has 1 saturated carbocycles. The maximum atomic E-state index is 4.68. The first-order valence-electron chi connectivity index (χ1n) is 7.40. The summed E-state index contributed by atoms with van der Waals surface area (Å²) in [6.07, 6.45) is 5.37. The summed E-state index contributed by atoms with van der Waals surface area (Å²) < 4.78 is 1.89. The third kappa shape index (κ3) is 2.40. The Bertz CT molecular complexity index is 613. The number of rotatable bonds is 5. The molecule has 0 bridgehead atoms. The SMILES string of the molecule is CCNc1nc(CC)nc(-n2ccc(C3CC3)n2)c1C. The normalized spacial score (nSPS) is 14.6. The lowest BCUT2D eigenvalue weighted by atomic mass is 10.3. The number of nitrogens with one attached hydrogen (secondary N) is 1. The van der Waals surface area contributed by atoms with E-state index in [9.17, 15) is 0 Å². The molecule has 1 N–H and O–H groups in total. The zero-order chi connectivity index (χ0) is 14.1. The minimum Gasteiger partial charge on any atom is -0.370 e. The van der Waals surface area contributed by atoms with E-state index in [4.69, 9.17) is 0 Å². The van der Waals surface area contributed by atoms with E-state index in [1.807, 2.05) is 17.8 Å². The Kier molecular flexibility index (Phi) is 3.42. The van der Waals surface area contributed by atoms with E-state index in [0.717, 1.165) is 36.0 Å². The monoisotopic (exact) mass is 271 g/mol. The van der Waals surface area contributed by atoms with Crippen LogP contribution in [0.1, 0.15) is 49.7 Å². The summed E-state index contributed by atoms with van der Waals surface area (Å²) in [5.41, 5.74) is 2.24. The highest BCUT2D eigenvalue weighted by molar-refractivity contribution is 5.51. The number of hydrogen-bond donors (Lipinski definition) is 1. The van der Waals surface area contributed by atoms with Crippen LogP contribution in [-0.4, -0.2) is 26.3 Å². The molecule has 106 valence electrons. The van der Waals surface area contributed by atoms with E-state index in [-0.39, 0.29) is 0 Å². The lowest BCUT2D eigenvalue weighted by Gasteiger charge is -2.12. The second kappa shape index (κ2) is 5.23. The molecule has 1 aliphatic rings. The Labute approximate surface area is 119 Å². The smallest absolute Gasteiger partial charge is 0.162 e. The van der Waals surface area contributed by atoms with Crippen LogP contribution < -0.4 is 5.32 Å². The van der Waals surface area contributed by atoms with E-state index in [2.05, 4.69) is 40.3 Å². The van der Waals surface area contributed by atoms with Gasteiger partial charge in [0.25, 0.3) is 0 Å². The molecule has 0 unspecified atom stereocenters. The van der Waals surface area contributed by atoms with E-state index in [0.29, 0.717) is 5.92 Å². The van der Waals surface area contributed by atoms with Crippen molar-refractivity contribution in [2.45, 2.75) is 46.0 Å². The van der Waals surface area contributed by atoms with Crippen molar-refractivity contribution in [1.82, 2.24) is 19.7 Å². The third-order valence-corrected chi connectivity index (χ3v) is 3.65. The molecule has 0 atom stereocenters. The van der Waals surface area contributed by atoms with Crippen molar-refractivity contribution in [1.29, 1.82) is 0 Å². The summed E-state index contributed by atoms with van der Waals surface area (Å²) in [5.74, 6) is 3.32. The van der Waals surface area contributed by atoms with Crippen LogP contribution in [0.3, 0.4) is 0 Å². The van der Waals surface area contributed by atoms with Gasteiger partial charge in [-0.2, -0.15) is 5.10 Å². The van der Waals surface area contributed by atoms with Crippen LogP contribution in [0.4, 0.5) is 5.82 Å². The maximum absolute atomic E-state index is 4.68. The van der Waals surface area contributed by atoms with Crippen molar-refractivity contribution in [3.63, 3.8) is 0 Å². The summed E-state index contributed by atoms with van der Waals surface area (Å²) in [5, 5.41) is 7.99. The van der Waals surface area contributed by atoms with Gasteiger partial charge in [0, 0.05) is 30.6 Å². The molecule has 1 fully saturated rings. The molecule has 2 aromatic rings. The molecule has 0 radical (unpaired) electrons. The second-order valence-electron chi connectivity index (χ2n) is 5.28. The Morgan fingerprint density at radius 3 is 2.75 bits per heavy atom. The highest BCUT2D eigenvalue weighted by Crippen LogP contribution is 2.39. The first kappa shape index (κ1) is 13.1. The molecular formula is C15H21N5. The molecule has 5 nitrogen and oxygen atoms in total. The summed E-state index contributed by atoms with van der Waals surface area (Å²) in [7, 11) is 0. The molecule has 1 aliphatic carbocycles. The zero-order valence-electron chi connectivity index (χ0n) is 12.3. The average Bonchev–Trinajstić information content (AvgIpc) is 3.19. The standard InChI is InChI=1S/C15H21N5/c1-4-13-17-14(16-5-2)10(3)15(18-13)20-9-8-12(19-20)11-6-7-11/h8-9,11H,4-7H2,1-3H3,(H,16,17,18). The summed E-state index contributed by atoms with van der Waals surface area (Å²) in [6, 6.07) is 2.11. The molecule has 5 heteroatoms. The number of nitrogens with zero attached hydrogens (tertiary/aromatic N) is 4. The van der Waals surface area contributed by atoms with Crippen LogP contribution in [-0.2, 0) is 6.42 Å². The molecular weight excluding hydrogens is 250 g/mol. The van der Waals surface area contributed by atoms with Crippen molar-refractivity contribution in [3.05, 3.63) is 29.3 Å². The van der Waals surface area contributed by atoms with Gasteiger partial charge in [-0.1, -0.05) is 6.92 Å². The number of anilines is 1. The summed E-state index contributed by atoms with van der Waals surface area (Å²) in [4.78, 5) is 9.20. The van der Waals surface area contributed by atoms with Gasteiger partial charge in [-0.25, -0.2) is 14.6 Å². The minimum absolute atomic E-state index is 0.664. The number of hydrogen-bond acceptors (Lipinski definition) is 4. The average molecular weight is 271 g/mol. The Morgan fingerprint density at radius 1 is 1.30 bits per heavy atom. The lowest BCUT2D eigenvalue weighted by molar-refractivity contribution is 0.782. The van der Waals surface area contributed by atoms with E-state index >= 15 is 0 Å². The van der Waals surface area contributed by atoms with Crippen molar-refractivity contribution in [2.75, 3.05) is 11.9 Å². The van der Waals surface area contributed by atoms with E-state index in [1.165, 1.54) is 18.5 Å².